The first kappa shape index (κ1) is 17.4. The van der Waals surface area contributed by atoms with Crippen molar-refractivity contribution in [3.63, 3.8) is 0 Å². The molecule has 0 spiro atoms. The van der Waals surface area contributed by atoms with E-state index in [1.807, 2.05) is 6.92 Å². The Morgan fingerprint density at radius 3 is 2.57 bits per heavy atom. The van der Waals surface area contributed by atoms with Crippen molar-refractivity contribution in [3.05, 3.63) is 0 Å². The molecule has 1 saturated heterocycles. The normalized spacial score (nSPS) is 21.9. The van der Waals surface area contributed by atoms with Gasteiger partial charge in [-0.3, -0.25) is 14.9 Å². The number of piperidine rings is 1. The highest BCUT2D eigenvalue weighted by atomic mass is 16.5. The summed E-state index contributed by atoms with van der Waals surface area (Å²) in [5, 5.41) is 10.8. The number of nitrogens with zero attached hydrogens (tertiary/aromatic N) is 1. The molecule has 2 N–H and O–H groups in total. The minimum absolute atomic E-state index is 0.0412. The number of hydrogen-bond acceptors (Lipinski definition) is 4. The highest BCUT2D eigenvalue weighted by Gasteiger charge is 2.33. The predicted octanol–water partition coefficient (Wildman–Crippen LogP) is 1.37. The molecule has 1 rings (SSSR count). The molecule has 0 aliphatic carbocycles. The van der Waals surface area contributed by atoms with Crippen LogP contribution in [0.5, 0.6) is 0 Å². The SMILES string of the molecule is COC1(C)CCCN(C(=O)NC(=O)CCCCC(=O)O)C1. The Balaban J connectivity index is 2.32. The molecule has 21 heavy (non-hydrogen) atoms. The average Bonchev–Trinajstić information content (AvgIpc) is 2.43. The summed E-state index contributed by atoms with van der Waals surface area (Å²) in [6, 6.07) is -0.402. The van der Waals surface area contributed by atoms with Crippen molar-refractivity contribution in [1.82, 2.24) is 10.2 Å². The Morgan fingerprint density at radius 1 is 1.29 bits per heavy atom. The summed E-state index contributed by atoms with van der Waals surface area (Å²) in [7, 11) is 1.62. The second-order valence-electron chi connectivity index (χ2n) is 5.63. The summed E-state index contributed by atoms with van der Waals surface area (Å²) in [5.41, 5.74) is -0.361. The van der Waals surface area contributed by atoms with Gasteiger partial charge < -0.3 is 14.7 Å². The monoisotopic (exact) mass is 300 g/mol. The first-order valence-electron chi connectivity index (χ1n) is 7.22. The molecule has 1 aliphatic rings. The van der Waals surface area contributed by atoms with Gasteiger partial charge in [-0.25, -0.2) is 4.79 Å². The lowest BCUT2D eigenvalue weighted by Crippen LogP contribution is -2.53. The van der Waals surface area contributed by atoms with Gasteiger partial charge in [0.15, 0.2) is 0 Å². The number of aliphatic carboxylic acids is 1. The van der Waals surface area contributed by atoms with Crippen molar-refractivity contribution in [3.8, 4) is 0 Å². The van der Waals surface area contributed by atoms with Gasteiger partial charge in [0, 0.05) is 26.5 Å². The van der Waals surface area contributed by atoms with Gasteiger partial charge in [-0.05, 0) is 32.6 Å². The third-order valence-corrected chi connectivity index (χ3v) is 3.73. The van der Waals surface area contributed by atoms with Crippen molar-refractivity contribution in [2.45, 2.75) is 51.0 Å². The molecule has 0 aromatic heterocycles. The van der Waals surface area contributed by atoms with E-state index in [2.05, 4.69) is 5.32 Å². The maximum Gasteiger partial charge on any atom is 0.324 e. The number of unbranched alkanes of at least 4 members (excludes halogenated alkanes) is 1. The standard InChI is InChI=1S/C14H24N2O5/c1-14(21-2)8-5-9-16(10-14)13(20)15-11(17)6-3-4-7-12(18)19/h3-10H2,1-2H3,(H,18,19)(H,15,17,20). The number of amides is 3. The molecular weight excluding hydrogens is 276 g/mol. The van der Waals surface area contributed by atoms with E-state index in [1.54, 1.807) is 12.0 Å². The zero-order valence-corrected chi connectivity index (χ0v) is 12.7. The fraction of sp³-hybridized carbons (Fsp3) is 0.786. The highest BCUT2D eigenvalue weighted by molar-refractivity contribution is 5.94. The smallest absolute Gasteiger partial charge is 0.324 e. The van der Waals surface area contributed by atoms with Crippen LogP contribution in [-0.4, -0.2) is 53.7 Å². The summed E-state index contributed by atoms with van der Waals surface area (Å²) in [6.45, 7) is 3.01. The number of rotatable bonds is 6. The third-order valence-electron chi connectivity index (χ3n) is 3.73. The molecule has 7 nitrogen and oxygen atoms in total. The number of carbonyl (C=O) groups is 3. The van der Waals surface area contributed by atoms with Crippen LogP contribution in [0.25, 0.3) is 0 Å². The topological polar surface area (TPSA) is 95.9 Å². The molecule has 1 aliphatic heterocycles. The lowest BCUT2D eigenvalue weighted by Gasteiger charge is -2.39. The summed E-state index contributed by atoms with van der Waals surface area (Å²) in [4.78, 5) is 35.6. The maximum absolute atomic E-state index is 12.0. The molecule has 120 valence electrons. The molecule has 0 radical (unpaired) electrons. The Labute approximate surface area is 124 Å². The second kappa shape index (κ2) is 7.97. The van der Waals surface area contributed by atoms with Gasteiger partial charge in [0.25, 0.3) is 0 Å². The number of imide groups is 1. The number of methoxy groups -OCH3 is 1. The minimum atomic E-state index is -0.876. The lowest BCUT2D eigenvalue weighted by atomic mass is 9.95. The van der Waals surface area contributed by atoms with Crippen LogP contribution >= 0.6 is 0 Å². The summed E-state index contributed by atoms with van der Waals surface area (Å²) < 4.78 is 5.40. The summed E-state index contributed by atoms with van der Waals surface area (Å²) in [6.07, 6.45) is 2.82. The molecule has 3 amide bonds. The van der Waals surface area contributed by atoms with Crippen LogP contribution in [0.4, 0.5) is 4.79 Å². The van der Waals surface area contributed by atoms with E-state index in [4.69, 9.17) is 9.84 Å². The van der Waals surface area contributed by atoms with Gasteiger partial charge in [-0.1, -0.05) is 0 Å². The van der Waals surface area contributed by atoms with E-state index in [0.29, 0.717) is 25.9 Å². The first-order chi connectivity index (χ1) is 9.86. The van der Waals surface area contributed by atoms with E-state index in [9.17, 15) is 14.4 Å². The quantitative estimate of drug-likeness (QED) is 0.722. The molecule has 1 fully saturated rings. The number of urea groups is 1. The molecule has 1 unspecified atom stereocenters. The van der Waals surface area contributed by atoms with Crippen LogP contribution in [0.1, 0.15) is 45.4 Å². The van der Waals surface area contributed by atoms with Crippen LogP contribution in [0.2, 0.25) is 0 Å². The van der Waals surface area contributed by atoms with Gasteiger partial charge in [0.2, 0.25) is 5.91 Å². The summed E-state index contributed by atoms with van der Waals surface area (Å²) in [5.74, 6) is -1.24. The van der Waals surface area contributed by atoms with Crippen LogP contribution in [-0.2, 0) is 14.3 Å². The molecule has 0 saturated carbocycles. The number of carboxylic acids is 1. The molecular formula is C14H24N2O5. The number of hydrogen-bond donors (Lipinski definition) is 2. The van der Waals surface area contributed by atoms with Crippen molar-refractivity contribution in [1.29, 1.82) is 0 Å². The van der Waals surface area contributed by atoms with Crippen LogP contribution in [0, 0.1) is 0 Å². The van der Waals surface area contributed by atoms with E-state index in [0.717, 1.165) is 12.8 Å². The van der Waals surface area contributed by atoms with Gasteiger partial charge in [0.1, 0.15) is 0 Å². The zero-order valence-electron chi connectivity index (χ0n) is 12.7. The van der Waals surface area contributed by atoms with Crippen LogP contribution in [0.15, 0.2) is 0 Å². The van der Waals surface area contributed by atoms with Crippen molar-refractivity contribution < 1.29 is 24.2 Å². The van der Waals surface area contributed by atoms with E-state index in [-0.39, 0.29) is 24.3 Å². The van der Waals surface area contributed by atoms with Gasteiger partial charge >= 0.3 is 12.0 Å². The fourth-order valence-corrected chi connectivity index (χ4v) is 2.37. The van der Waals surface area contributed by atoms with Crippen LogP contribution < -0.4 is 5.32 Å². The third kappa shape index (κ3) is 6.12. The van der Waals surface area contributed by atoms with Crippen molar-refractivity contribution >= 4 is 17.9 Å². The molecule has 1 atom stereocenters. The predicted molar refractivity (Wildman–Crippen MR) is 75.9 cm³/mol. The average molecular weight is 300 g/mol. The number of carbonyl (C=O) groups excluding carboxylic acids is 2. The Morgan fingerprint density at radius 2 is 1.95 bits per heavy atom. The molecule has 0 bridgehead atoms. The second-order valence-corrected chi connectivity index (χ2v) is 5.63. The van der Waals surface area contributed by atoms with E-state index < -0.39 is 12.0 Å². The van der Waals surface area contributed by atoms with E-state index in [1.165, 1.54) is 0 Å². The van der Waals surface area contributed by atoms with Gasteiger partial charge in [-0.2, -0.15) is 0 Å². The minimum Gasteiger partial charge on any atom is -0.481 e. The maximum atomic E-state index is 12.0. The zero-order chi connectivity index (χ0) is 15.9. The fourth-order valence-electron chi connectivity index (χ4n) is 2.37. The van der Waals surface area contributed by atoms with Gasteiger partial charge in [0.05, 0.1) is 12.1 Å². The Bertz CT molecular complexity index is 399. The molecule has 0 aromatic carbocycles. The van der Waals surface area contributed by atoms with Gasteiger partial charge in [-0.15, -0.1) is 0 Å². The number of ether oxygens (including phenoxy) is 1. The lowest BCUT2D eigenvalue weighted by molar-refractivity contribution is -0.137. The van der Waals surface area contributed by atoms with Crippen molar-refractivity contribution in [2.75, 3.05) is 20.2 Å². The Hall–Kier alpha value is -1.63. The highest BCUT2D eigenvalue weighted by Crippen LogP contribution is 2.23. The number of carboxylic acid groups (broad SMARTS) is 1. The van der Waals surface area contributed by atoms with Crippen molar-refractivity contribution in [2.24, 2.45) is 0 Å². The Kier molecular flexibility index (Phi) is 6.61. The number of likely N-dealkylation sites (tertiary alicyclic amines) is 1. The largest absolute Gasteiger partial charge is 0.481 e. The molecule has 1 heterocycles. The molecule has 0 aromatic rings. The molecule has 7 heteroatoms. The summed E-state index contributed by atoms with van der Waals surface area (Å²) >= 11 is 0. The van der Waals surface area contributed by atoms with E-state index >= 15 is 0 Å². The first-order valence-corrected chi connectivity index (χ1v) is 7.22. The van der Waals surface area contributed by atoms with Crippen LogP contribution in [0.3, 0.4) is 0 Å². The number of nitrogens with one attached hydrogen (secondary N) is 1.